The van der Waals surface area contributed by atoms with Crippen LogP contribution in [0, 0.1) is 12.4 Å². The average Bonchev–Trinajstić information content (AvgIpc) is 3.34. The van der Waals surface area contributed by atoms with E-state index < -0.39 is 5.82 Å². The second-order valence-corrected chi connectivity index (χ2v) is 8.04. The van der Waals surface area contributed by atoms with Gasteiger partial charge in [0, 0.05) is 51.4 Å². The van der Waals surface area contributed by atoms with Crippen molar-refractivity contribution >= 4 is 22.5 Å². The highest BCUT2D eigenvalue weighted by Gasteiger charge is 2.23. The summed E-state index contributed by atoms with van der Waals surface area (Å²) < 4.78 is 18.1. The summed E-state index contributed by atoms with van der Waals surface area (Å²) in [5.41, 5.74) is 4.35. The van der Waals surface area contributed by atoms with Crippen LogP contribution in [0.4, 0.5) is 10.1 Å². The monoisotopic (exact) mass is 444 g/mol. The number of halogens is 1. The van der Waals surface area contributed by atoms with E-state index in [1.165, 1.54) is 12.1 Å². The van der Waals surface area contributed by atoms with Gasteiger partial charge in [0.1, 0.15) is 11.5 Å². The maximum Gasteiger partial charge on any atom is 0.270 e. The zero-order chi connectivity index (χ0) is 23.7. The summed E-state index contributed by atoms with van der Waals surface area (Å²) in [7, 11) is 7.31. The van der Waals surface area contributed by atoms with Gasteiger partial charge in [-0.15, -0.1) is 0 Å². The molecule has 0 saturated carbocycles. The van der Waals surface area contributed by atoms with E-state index in [1.54, 1.807) is 28.8 Å². The number of carbonyl (C=O) groups excluding carboxylic acids is 1. The number of amides is 1. The van der Waals surface area contributed by atoms with Gasteiger partial charge in [0.2, 0.25) is 5.69 Å². The van der Waals surface area contributed by atoms with Gasteiger partial charge in [0.25, 0.3) is 5.91 Å². The first-order valence-electron chi connectivity index (χ1n) is 10.5. The lowest BCUT2D eigenvalue weighted by molar-refractivity contribution is 0.0787. The molecule has 0 aliphatic carbocycles. The third-order valence-corrected chi connectivity index (χ3v) is 5.77. The van der Waals surface area contributed by atoms with Gasteiger partial charge in [-0.2, -0.15) is 5.10 Å². The van der Waals surface area contributed by atoms with Gasteiger partial charge in [-0.05, 0) is 42.4 Å². The predicted octanol–water partition coefficient (Wildman–Crippen LogP) is 4.23. The van der Waals surface area contributed by atoms with E-state index in [4.69, 9.17) is 6.57 Å². The largest absolute Gasteiger partial charge is 0.339 e. The number of rotatable bonds is 6. The number of aryl methyl sites for hydroxylation is 1. The van der Waals surface area contributed by atoms with Crippen LogP contribution in [0.25, 0.3) is 38.1 Å². The molecule has 0 unspecified atom stereocenters. The quantitative estimate of drug-likeness (QED) is 0.453. The molecular weight excluding hydrogens is 419 g/mol. The molecule has 7 nitrogen and oxygen atoms in total. The molecule has 0 atom stereocenters. The molecule has 4 aromatic rings. The van der Waals surface area contributed by atoms with Crippen molar-refractivity contribution in [3.05, 3.63) is 71.6 Å². The van der Waals surface area contributed by atoms with Crippen LogP contribution in [-0.2, 0) is 14.1 Å². The Bertz CT molecular complexity index is 1390. The molecule has 4 rings (SSSR count). The van der Waals surface area contributed by atoms with Crippen molar-refractivity contribution < 1.29 is 9.18 Å². The fraction of sp³-hybridized carbons (Fsp3) is 0.240. The molecule has 0 saturated heterocycles. The van der Waals surface area contributed by atoms with Crippen molar-refractivity contribution in [2.24, 2.45) is 14.1 Å². The summed E-state index contributed by atoms with van der Waals surface area (Å²) in [5, 5.41) is 8.45. The molecule has 0 radical (unpaired) electrons. The highest BCUT2D eigenvalue weighted by atomic mass is 19.1. The van der Waals surface area contributed by atoms with Crippen molar-refractivity contribution in [1.82, 2.24) is 24.6 Å². The molecule has 0 spiro atoms. The first kappa shape index (κ1) is 22.2. The lowest BCUT2D eigenvalue weighted by Gasteiger charge is -2.17. The van der Waals surface area contributed by atoms with E-state index in [0.717, 1.165) is 27.7 Å². The Balaban J connectivity index is 1.90. The maximum atomic E-state index is 14.5. The zero-order valence-corrected chi connectivity index (χ0v) is 19.1. The Kier molecular flexibility index (Phi) is 5.99. The van der Waals surface area contributed by atoms with Crippen LogP contribution in [0.15, 0.2) is 48.7 Å². The molecule has 0 aliphatic heterocycles. The van der Waals surface area contributed by atoms with Crippen LogP contribution < -0.4 is 5.32 Å². The fourth-order valence-corrected chi connectivity index (χ4v) is 4.02. The number of hydrogen-bond donors (Lipinski definition) is 1. The summed E-state index contributed by atoms with van der Waals surface area (Å²) in [5.74, 6) is -0.708. The van der Waals surface area contributed by atoms with Gasteiger partial charge in [-0.1, -0.05) is 18.2 Å². The zero-order valence-electron chi connectivity index (χ0n) is 19.1. The molecule has 0 aliphatic rings. The van der Waals surface area contributed by atoms with Crippen molar-refractivity contribution in [3.63, 3.8) is 0 Å². The normalized spacial score (nSPS) is 11.0. The summed E-state index contributed by atoms with van der Waals surface area (Å²) in [4.78, 5) is 18.1. The van der Waals surface area contributed by atoms with E-state index in [1.807, 2.05) is 50.1 Å². The summed E-state index contributed by atoms with van der Waals surface area (Å²) >= 11 is 0. The molecule has 8 heteroatoms. The Morgan fingerprint density at radius 1 is 1.18 bits per heavy atom. The highest BCUT2D eigenvalue weighted by molar-refractivity contribution is 5.98. The van der Waals surface area contributed by atoms with E-state index in [2.05, 4.69) is 15.3 Å². The number of hydrogen-bond acceptors (Lipinski definition) is 3. The van der Waals surface area contributed by atoms with Crippen LogP contribution >= 0.6 is 0 Å². The number of nitrogens with zero attached hydrogens (tertiary/aromatic N) is 5. The molecule has 0 bridgehead atoms. The second kappa shape index (κ2) is 8.88. The Morgan fingerprint density at radius 3 is 2.64 bits per heavy atom. The molecule has 33 heavy (non-hydrogen) atoms. The number of benzene rings is 2. The Labute approximate surface area is 191 Å². The summed E-state index contributed by atoms with van der Waals surface area (Å²) in [6, 6.07) is 12.3. The van der Waals surface area contributed by atoms with Gasteiger partial charge < -0.3 is 14.8 Å². The van der Waals surface area contributed by atoms with Gasteiger partial charge in [-0.3, -0.25) is 9.48 Å². The first-order valence-corrected chi connectivity index (χ1v) is 10.5. The van der Waals surface area contributed by atoms with Crippen molar-refractivity contribution in [1.29, 1.82) is 0 Å². The first-order chi connectivity index (χ1) is 15.8. The number of nitrogens with one attached hydrogen (secondary N) is 1. The Hall–Kier alpha value is -3.96. The number of likely N-dealkylation sites (N-methyl/N-ethyl adjacent to an activating group) is 2. The van der Waals surface area contributed by atoms with Gasteiger partial charge in [-0.25, -0.2) is 9.24 Å². The van der Waals surface area contributed by atoms with Gasteiger partial charge in [0.05, 0.1) is 17.8 Å². The lowest BCUT2D eigenvalue weighted by Crippen LogP contribution is -2.33. The lowest BCUT2D eigenvalue weighted by atomic mass is 10.00. The SMILES string of the molecule is [C-]#[N+]c1ccc(-c2cc(C(=O)N(C)CCNC)n(C)c2-c2ccc3nn(C)cc3c2)cc1F. The fourth-order valence-electron chi connectivity index (χ4n) is 4.02. The number of carbonyl (C=O) groups is 1. The van der Waals surface area contributed by atoms with Crippen LogP contribution in [0.1, 0.15) is 10.5 Å². The molecule has 1 amide bonds. The topological polar surface area (TPSA) is 59.5 Å². The van der Waals surface area contributed by atoms with Gasteiger partial charge in [0.15, 0.2) is 0 Å². The van der Waals surface area contributed by atoms with Crippen LogP contribution in [0.3, 0.4) is 0 Å². The van der Waals surface area contributed by atoms with Crippen LogP contribution in [0.5, 0.6) is 0 Å². The van der Waals surface area contributed by atoms with Gasteiger partial charge >= 0.3 is 0 Å². The average molecular weight is 445 g/mol. The van der Waals surface area contributed by atoms with E-state index in [9.17, 15) is 9.18 Å². The molecule has 168 valence electrons. The van der Waals surface area contributed by atoms with Crippen molar-refractivity contribution in [2.45, 2.75) is 0 Å². The van der Waals surface area contributed by atoms with Crippen LogP contribution in [0.2, 0.25) is 0 Å². The maximum absolute atomic E-state index is 14.5. The third-order valence-electron chi connectivity index (χ3n) is 5.77. The number of fused-ring (bicyclic) bond motifs is 1. The van der Waals surface area contributed by atoms with Crippen molar-refractivity contribution in [3.8, 4) is 22.4 Å². The molecule has 2 aromatic carbocycles. The van der Waals surface area contributed by atoms with E-state index in [0.29, 0.717) is 24.3 Å². The summed E-state index contributed by atoms with van der Waals surface area (Å²) in [6.45, 7) is 8.36. The third kappa shape index (κ3) is 4.11. The minimum atomic E-state index is -0.584. The molecule has 0 fully saturated rings. The number of aromatic nitrogens is 3. The second-order valence-electron chi connectivity index (χ2n) is 8.04. The van der Waals surface area contributed by atoms with E-state index >= 15 is 0 Å². The molecule has 1 N–H and O–H groups in total. The Morgan fingerprint density at radius 2 is 1.94 bits per heavy atom. The molecular formula is C25H25FN6O. The summed E-state index contributed by atoms with van der Waals surface area (Å²) in [6.07, 6.45) is 1.93. The smallest absolute Gasteiger partial charge is 0.270 e. The van der Waals surface area contributed by atoms with E-state index in [-0.39, 0.29) is 11.6 Å². The molecule has 2 heterocycles. The standard InChI is InChI=1S/C25H25FN6O/c1-27-10-11-30(3)25(33)23-14-19(16-6-9-22(28-2)20(26)13-16)24(32(23)5)17-7-8-21-18(12-17)15-31(4)29-21/h6-9,12-15,27H,10-11H2,1,3-5H3. The van der Waals surface area contributed by atoms with Crippen LogP contribution in [-0.4, -0.2) is 52.3 Å². The minimum Gasteiger partial charge on any atom is -0.339 e. The predicted molar refractivity (Wildman–Crippen MR) is 128 cm³/mol. The molecule has 2 aromatic heterocycles. The minimum absolute atomic E-state index is 0.0314. The highest BCUT2D eigenvalue weighted by Crippen LogP contribution is 2.37. The van der Waals surface area contributed by atoms with Crippen molar-refractivity contribution in [2.75, 3.05) is 27.2 Å².